The van der Waals surface area contributed by atoms with Crippen LogP contribution in [-0.2, 0) is 6.42 Å². The van der Waals surface area contributed by atoms with E-state index in [-0.39, 0.29) is 18.6 Å². The number of fused-ring (bicyclic) bond motifs is 1. The number of aryl methyl sites for hydroxylation is 2. The zero-order valence-corrected chi connectivity index (χ0v) is 16.4. The number of piperidine rings is 1. The van der Waals surface area contributed by atoms with Gasteiger partial charge in [0.05, 0.1) is 11.7 Å². The normalized spacial score (nSPS) is 19.9. The van der Waals surface area contributed by atoms with Crippen LogP contribution in [0.15, 0.2) is 30.5 Å². The number of hydrogen-bond acceptors (Lipinski definition) is 5. The van der Waals surface area contributed by atoms with Gasteiger partial charge in [0.15, 0.2) is 0 Å². The Morgan fingerprint density at radius 1 is 1.21 bits per heavy atom. The Balaban J connectivity index is 1.47. The van der Waals surface area contributed by atoms with Gasteiger partial charge in [-0.05, 0) is 57.1 Å². The first-order valence-corrected chi connectivity index (χ1v) is 10.2. The summed E-state index contributed by atoms with van der Waals surface area (Å²) in [6.45, 7) is 4.05. The number of carbonyl (C=O) groups excluding carboxylic acids is 1. The Morgan fingerprint density at radius 2 is 1.96 bits per heavy atom. The Hall–Kier alpha value is -2.47. The van der Waals surface area contributed by atoms with Crippen molar-refractivity contribution < 1.29 is 9.90 Å². The van der Waals surface area contributed by atoms with Crippen LogP contribution < -0.4 is 10.2 Å². The minimum atomic E-state index is -0.0481. The molecule has 28 heavy (non-hydrogen) atoms. The van der Waals surface area contributed by atoms with Crippen molar-refractivity contribution in [2.45, 2.75) is 45.1 Å². The molecular formula is C22H28N4O2. The summed E-state index contributed by atoms with van der Waals surface area (Å²) in [5, 5.41) is 12.5. The van der Waals surface area contributed by atoms with E-state index in [0.717, 1.165) is 68.0 Å². The third kappa shape index (κ3) is 4.02. The van der Waals surface area contributed by atoms with Crippen molar-refractivity contribution in [3.05, 3.63) is 52.8 Å². The summed E-state index contributed by atoms with van der Waals surface area (Å²) < 4.78 is 0. The SMILES string of the molecule is Cc1ccc(C(=O)NC2CCCc3nc(N4CCC(CO)CC4)ncc32)cc1. The molecule has 1 atom stereocenters. The smallest absolute Gasteiger partial charge is 0.251 e. The van der Waals surface area contributed by atoms with Crippen LogP contribution >= 0.6 is 0 Å². The lowest BCUT2D eigenvalue weighted by atomic mass is 9.92. The summed E-state index contributed by atoms with van der Waals surface area (Å²) in [6.07, 6.45) is 6.70. The van der Waals surface area contributed by atoms with Crippen molar-refractivity contribution in [1.82, 2.24) is 15.3 Å². The number of rotatable bonds is 4. The Bertz CT molecular complexity index is 829. The van der Waals surface area contributed by atoms with Gasteiger partial charge in [0.25, 0.3) is 5.91 Å². The van der Waals surface area contributed by atoms with Crippen LogP contribution in [0.1, 0.15) is 58.9 Å². The maximum absolute atomic E-state index is 12.6. The molecule has 6 nitrogen and oxygen atoms in total. The molecule has 0 bridgehead atoms. The van der Waals surface area contributed by atoms with Gasteiger partial charge in [-0.15, -0.1) is 0 Å². The first kappa shape index (κ1) is 18.9. The van der Waals surface area contributed by atoms with Crippen molar-refractivity contribution in [3.8, 4) is 0 Å². The predicted octanol–water partition coefficient (Wildman–Crippen LogP) is 2.80. The van der Waals surface area contributed by atoms with Crippen molar-refractivity contribution in [3.63, 3.8) is 0 Å². The minimum absolute atomic E-state index is 0.0354. The molecule has 1 aliphatic carbocycles. The number of anilines is 1. The number of benzene rings is 1. The monoisotopic (exact) mass is 380 g/mol. The molecule has 1 saturated heterocycles. The van der Waals surface area contributed by atoms with E-state index in [0.29, 0.717) is 11.5 Å². The summed E-state index contributed by atoms with van der Waals surface area (Å²) in [6, 6.07) is 7.61. The molecule has 2 heterocycles. The van der Waals surface area contributed by atoms with E-state index < -0.39 is 0 Å². The molecule has 1 unspecified atom stereocenters. The highest BCUT2D eigenvalue weighted by molar-refractivity contribution is 5.94. The molecule has 1 aliphatic heterocycles. The number of carbonyl (C=O) groups is 1. The minimum Gasteiger partial charge on any atom is -0.396 e. The largest absolute Gasteiger partial charge is 0.396 e. The van der Waals surface area contributed by atoms with Crippen LogP contribution in [0.2, 0.25) is 0 Å². The zero-order valence-electron chi connectivity index (χ0n) is 16.4. The van der Waals surface area contributed by atoms with E-state index in [4.69, 9.17) is 4.98 Å². The lowest BCUT2D eigenvalue weighted by molar-refractivity contribution is 0.0932. The van der Waals surface area contributed by atoms with Crippen LogP contribution in [0.5, 0.6) is 0 Å². The molecule has 1 aromatic heterocycles. The number of aromatic nitrogens is 2. The van der Waals surface area contributed by atoms with Gasteiger partial charge in [0.1, 0.15) is 0 Å². The molecule has 4 rings (SSSR count). The number of aliphatic hydroxyl groups excluding tert-OH is 1. The molecule has 0 saturated carbocycles. The molecule has 2 aliphatic rings. The molecule has 6 heteroatoms. The second-order valence-electron chi connectivity index (χ2n) is 7.97. The van der Waals surface area contributed by atoms with Crippen molar-refractivity contribution in [2.75, 3.05) is 24.6 Å². The fourth-order valence-electron chi connectivity index (χ4n) is 4.10. The van der Waals surface area contributed by atoms with Gasteiger partial charge in [0.2, 0.25) is 5.95 Å². The molecular weight excluding hydrogens is 352 g/mol. The van der Waals surface area contributed by atoms with Crippen LogP contribution in [0, 0.1) is 12.8 Å². The lowest BCUT2D eigenvalue weighted by Gasteiger charge is -2.32. The average molecular weight is 380 g/mol. The summed E-state index contributed by atoms with van der Waals surface area (Å²) >= 11 is 0. The highest BCUT2D eigenvalue weighted by Crippen LogP contribution is 2.30. The van der Waals surface area contributed by atoms with Gasteiger partial charge < -0.3 is 15.3 Å². The van der Waals surface area contributed by atoms with Crippen LogP contribution in [0.3, 0.4) is 0 Å². The molecule has 2 N–H and O–H groups in total. The Labute approximate surface area is 166 Å². The summed E-state index contributed by atoms with van der Waals surface area (Å²) in [5.74, 6) is 1.13. The van der Waals surface area contributed by atoms with Crippen molar-refractivity contribution in [2.24, 2.45) is 5.92 Å². The molecule has 2 aromatic rings. The van der Waals surface area contributed by atoms with E-state index in [1.165, 1.54) is 0 Å². The van der Waals surface area contributed by atoms with Gasteiger partial charge in [-0.2, -0.15) is 0 Å². The van der Waals surface area contributed by atoms with Crippen LogP contribution in [0.25, 0.3) is 0 Å². The van der Waals surface area contributed by atoms with Gasteiger partial charge in [-0.3, -0.25) is 4.79 Å². The fourth-order valence-corrected chi connectivity index (χ4v) is 4.10. The molecule has 0 spiro atoms. The third-order valence-electron chi connectivity index (χ3n) is 5.94. The number of nitrogens with zero attached hydrogens (tertiary/aromatic N) is 3. The second kappa shape index (κ2) is 8.27. The number of nitrogens with one attached hydrogen (secondary N) is 1. The third-order valence-corrected chi connectivity index (χ3v) is 5.94. The number of hydrogen-bond donors (Lipinski definition) is 2. The van der Waals surface area contributed by atoms with Gasteiger partial charge >= 0.3 is 0 Å². The van der Waals surface area contributed by atoms with Crippen molar-refractivity contribution in [1.29, 1.82) is 0 Å². The first-order chi connectivity index (χ1) is 13.6. The Kier molecular flexibility index (Phi) is 5.57. The first-order valence-electron chi connectivity index (χ1n) is 10.2. The molecule has 1 amide bonds. The highest BCUT2D eigenvalue weighted by atomic mass is 16.3. The quantitative estimate of drug-likeness (QED) is 0.853. The van der Waals surface area contributed by atoms with Crippen molar-refractivity contribution >= 4 is 11.9 Å². The molecule has 0 radical (unpaired) electrons. The van der Waals surface area contributed by atoms with Crippen LogP contribution in [-0.4, -0.2) is 40.7 Å². The predicted molar refractivity (Wildman–Crippen MR) is 108 cm³/mol. The van der Waals surface area contributed by atoms with E-state index in [1.807, 2.05) is 37.4 Å². The summed E-state index contributed by atoms with van der Waals surface area (Å²) in [4.78, 5) is 24.3. The molecule has 1 fully saturated rings. The van der Waals surface area contributed by atoms with E-state index in [2.05, 4.69) is 15.2 Å². The molecule has 1 aromatic carbocycles. The maximum atomic E-state index is 12.6. The Morgan fingerprint density at radius 3 is 2.68 bits per heavy atom. The highest BCUT2D eigenvalue weighted by Gasteiger charge is 2.26. The summed E-state index contributed by atoms with van der Waals surface area (Å²) in [7, 11) is 0. The average Bonchev–Trinajstić information content (AvgIpc) is 2.74. The lowest BCUT2D eigenvalue weighted by Crippen LogP contribution is -2.36. The van der Waals surface area contributed by atoms with Crippen LogP contribution in [0.4, 0.5) is 5.95 Å². The standard InChI is InChI=1S/C22H28N4O2/c1-15-5-7-17(8-6-15)21(28)24-19-3-2-4-20-18(19)13-23-22(25-20)26-11-9-16(14-27)10-12-26/h5-8,13,16,19,27H,2-4,9-12,14H2,1H3,(H,24,28). The fraction of sp³-hybridized carbons (Fsp3) is 0.500. The number of aliphatic hydroxyl groups is 1. The van der Waals surface area contributed by atoms with Gasteiger partial charge in [-0.1, -0.05) is 17.7 Å². The second-order valence-corrected chi connectivity index (χ2v) is 7.97. The molecule has 148 valence electrons. The van der Waals surface area contributed by atoms with E-state index in [9.17, 15) is 9.90 Å². The van der Waals surface area contributed by atoms with E-state index in [1.54, 1.807) is 0 Å². The number of amides is 1. The topological polar surface area (TPSA) is 78.4 Å². The summed E-state index contributed by atoms with van der Waals surface area (Å²) in [5.41, 5.74) is 3.92. The van der Waals surface area contributed by atoms with Gasteiger partial charge in [-0.25, -0.2) is 9.97 Å². The van der Waals surface area contributed by atoms with E-state index >= 15 is 0 Å². The maximum Gasteiger partial charge on any atom is 0.251 e. The van der Waals surface area contributed by atoms with Gasteiger partial charge in [0, 0.05) is 37.0 Å². The zero-order chi connectivity index (χ0) is 19.5.